The van der Waals surface area contributed by atoms with Crippen LogP contribution < -0.4 is 0 Å². The molecule has 14 heavy (non-hydrogen) atoms. The van der Waals surface area contributed by atoms with Crippen LogP contribution in [0.4, 0.5) is 5.69 Å². The first kappa shape index (κ1) is 10.7. The van der Waals surface area contributed by atoms with Crippen LogP contribution in [0.25, 0.3) is 0 Å². The number of rotatable bonds is 3. The molecule has 0 saturated heterocycles. The van der Waals surface area contributed by atoms with Gasteiger partial charge in [0, 0.05) is 17.0 Å². The molecule has 0 aliphatic heterocycles. The van der Waals surface area contributed by atoms with Crippen LogP contribution in [0.15, 0.2) is 18.2 Å². The summed E-state index contributed by atoms with van der Waals surface area (Å²) < 4.78 is 0. The van der Waals surface area contributed by atoms with Gasteiger partial charge in [-0.15, -0.1) is 0 Å². The molecule has 0 spiro atoms. The second kappa shape index (κ2) is 4.19. The topological polar surface area (TPSA) is 63.4 Å². The molecule has 1 rings (SSSR count). The Morgan fingerprint density at radius 1 is 1.64 bits per heavy atom. The molecule has 1 aromatic rings. The first-order valence-corrected chi connectivity index (χ1v) is 4.25. The molecule has 1 atom stereocenters. The second-order valence-electron chi connectivity index (χ2n) is 3.15. The van der Waals surface area contributed by atoms with Crippen molar-refractivity contribution >= 4 is 5.69 Å². The van der Waals surface area contributed by atoms with E-state index in [4.69, 9.17) is 5.11 Å². The Morgan fingerprint density at radius 2 is 2.29 bits per heavy atom. The summed E-state index contributed by atoms with van der Waals surface area (Å²) in [5.41, 5.74) is 1.13. The van der Waals surface area contributed by atoms with Crippen molar-refractivity contribution in [2.24, 2.45) is 0 Å². The van der Waals surface area contributed by atoms with Crippen molar-refractivity contribution in [3.8, 4) is 0 Å². The summed E-state index contributed by atoms with van der Waals surface area (Å²) in [5, 5.41) is 19.7. The van der Waals surface area contributed by atoms with E-state index >= 15 is 0 Å². The molecule has 1 aromatic carbocycles. The number of nitrogens with zero attached hydrogens (tertiary/aromatic N) is 1. The van der Waals surface area contributed by atoms with Gasteiger partial charge < -0.3 is 5.11 Å². The Hall–Kier alpha value is -1.42. The van der Waals surface area contributed by atoms with E-state index in [9.17, 15) is 10.1 Å². The second-order valence-corrected chi connectivity index (χ2v) is 3.15. The van der Waals surface area contributed by atoms with Crippen LogP contribution in [0.3, 0.4) is 0 Å². The first-order valence-electron chi connectivity index (χ1n) is 4.25. The molecule has 4 heteroatoms. The van der Waals surface area contributed by atoms with E-state index in [1.165, 1.54) is 0 Å². The maximum absolute atomic E-state index is 10.8. The standard InChI is InChI=1S/C10H12NO3/c1-7-4-3-5-9(8(2)6-12)10(7)11(13)14/h3-5,8,12H,2,6H2,1H3. The van der Waals surface area contributed by atoms with Gasteiger partial charge in [-0.2, -0.15) is 0 Å². The molecule has 1 radical (unpaired) electrons. The summed E-state index contributed by atoms with van der Waals surface area (Å²) in [6.07, 6.45) is 0. The lowest BCUT2D eigenvalue weighted by Gasteiger charge is -2.09. The van der Waals surface area contributed by atoms with Gasteiger partial charge in [0.05, 0.1) is 11.5 Å². The predicted molar refractivity (Wildman–Crippen MR) is 53.0 cm³/mol. The molecule has 0 saturated carbocycles. The molecule has 0 heterocycles. The zero-order valence-electron chi connectivity index (χ0n) is 7.93. The molecule has 0 aliphatic rings. The smallest absolute Gasteiger partial charge is 0.275 e. The van der Waals surface area contributed by atoms with Crippen molar-refractivity contribution in [3.63, 3.8) is 0 Å². The van der Waals surface area contributed by atoms with Crippen molar-refractivity contribution in [2.75, 3.05) is 6.61 Å². The zero-order chi connectivity index (χ0) is 10.7. The number of benzene rings is 1. The Bertz CT molecular complexity index is 349. The summed E-state index contributed by atoms with van der Waals surface area (Å²) in [7, 11) is 0. The van der Waals surface area contributed by atoms with Gasteiger partial charge in [0.1, 0.15) is 0 Å². The molecular formula is C10H12NO3. The minimum atomic E-state index is -0.449. The van der Waals surface area contributed by atoms with Crippen LogP contribution in [0.5, 0.6) is 0 Å². The zero-order valence-corrected chi connectivity index (χ0v) is 7.93. The highest BCUT2D eigenvalue weighted by Crippen LogP contribution is 2.28. The minimum Gasteiger partial charge on any atom is -0.396 e. The molecule has 0 aliphatic carbocycles. The van der Waals surface area contributed by atoms with Gasteiger partial charge >= 0.3 is 0 Å². The Balaban J connectivity index is 3.28. The molecule has 1 N–H and O–H groups in total. The van der Waals surface area contributed by atoms with Crippen molar-refractivity contribution in [3.05, 3.63) is 46.4 Å². The maximum Gasteiger partial charge on any atom is 0.275 e. The summed E-state index contributed by atoms with van der Waals surface area (Å²) in [4.78, 5) is 10.3. The van der Waals surface area contributed by atoms with Crippen LogP contribution in [0.1, 0.15) is 17.0 Å². The summed E-state index contributed by atoms with van der Waals surface area (Å²) >= 11 is 0. The van der Waals surface area contributed by atoms with E-state index in [2.05, 4.69) is 6.92 Å². The van der Waals surface area contributed by atoms with Gasteiger partial charge in [-0.25, -0.2) is 0 Å². The molecular weight excluding hydrogens is 182 g/mol. The van der Waals surface area contributed by atoms with E-state index < -0.39 is 10.8 Å². The van der Waals surface area contributed by atoms with Crippen molar-refractivity contribution in [1.82, 2.24) is 0 Å². The SMILES string of the molecule is [CH2]C(CO)c1cccc(C)c1[N+](=O)[O-]. The van der Waals surface area contributed by atoms with Gasteiger partial charge in [0.25, 0.3) is 5.69 Å². The Labute approximate surface area is 82.3 Å². The fraction of sp³-hybridized carbons (Fsp3) is 0.300. The molecule has 4 nitrogen and oxygen atoms in total. The van der Waals surface area contributed by atoms with Crippen LogP contribution >= 0.6 is 0 Å². The third-order valence-electron chi connectivity index (χ3n) is 2.11. The number of aliphatic hydroxyl groups is 1. The van der Waals surface area contributed by atoms with Crippen LogP contribution in [0, 0.1) is 24.0 Å². The number of hydrogen-bond donors (Lipinski definition) is 1. The van der Waals surface area contributed by atoms with E-state index in [-0.39, 0.29) is 12.3 Å². The number of hydrogen-bond acceptors (Lipinski definition) is 3. The highest BCUT2D eigenvalue weighted by Gasteiger charge is 2.20. The molecule has 75 valence electrons. The van der Waals surface area contributed by atoms with Crippen molar-refractivity contribution < 1.29 is 10.0 Å². The number of aliphatic hydroxyl groups excluding tert-OH is 1. The van der Waals surface area contributed by atoms with Gasteiger partial charge in [-0.05, 0) is 13.8 Å². The fourth-order valence-corrected chi connectivity index (χ4v) is 1.36. The molecule has 0 fully saturated rings. The van der Waals surface area contributed by atoms with Crippen LogP contribution in [-0.2, 0) is 0 Å². The summed E-state index contributed by atoms with van der Waals surface area (Å²) in [6.45, 7) is 5.14. The van der Waals surface area contributed by atoms with Gasteiger partial charge in [-0.1, -0.05) is 18.2 Å². The lowest BCUT2D eigenvalue weighted by molar-refractivity contribution is -0.386. The molecule has 1 unspecified atom stereocenters. The lowest BCUT2D eigenvalue weighted by atomic mass is 9.97. The van der Waals surface area contributed by atoms with Gasteiger partial charge in [0.15, 0.2) is 0 Å². The average molecular weight is 194 g/mol. The van der Waals surface area contributed by atoms with E-state index in [1.807, 2.05) is 0 Å². The van der Waals surface area contributed by atoms with Gasteiger partial charge in [0.2, 0.25) is 0 Å². The van der Waals surface area contributed by atoms with E-state index in [1.54, 1.807) is 25.1 Å². The third kappa shape index (κ3) is 1.90. The summed E-state index contributed by atoms with van der Waals surface area (Å²) in [6, 6.07) is 5.02. The fourth-order valence-electron chi connectivity index (χ4n) is 1.36. The van der Waals surface area contributed by atoms with Crippen LogP contribution in [-0.4, -0.2) is 16.6 Å². The lowest BCUT2D eigenvalue weighted by Crippen LogP contribution is -2.05. The van der Waals surface area contributed by atoms with E-state index in [0.717, 1.165) is 0 Å². The molecule has 0 aromatic heterocycles. The van der Waals surface area contributed by atoms with E-state index in [0.29, 0.717) is 11.1 Å². The Morgan fingerprint density at radius 3 is 2.79 bits per heavy atom. The molecule has 0 amide bonds. The number of para-hydroxylation sites is 1. The minimum absolute atomic E-state index is 0.0570. The normalized spacial score (nSPS) is 12.5. The quantitative estimate of drug-likeness (QED) is 0.589. The third-order valence-corrected chi connectivity index (χ3v) is 2.11. The highest BCUT2D eigenvalue weighted by molar-refractivity contribution is 5.49. The van der Waals surface area contributed by atoms with Crippen LogP contribution in [0.2, 0.25) is 0 Å². The average Bonchev–Trinajstić information content (AvgIpc) is 2.15. The predicted octanol–water partition coefficient (Wildman–Crippen LogP) is 1.81. The number of aryl methyl sites for hydroxylation is 1. The first-order chi connectivity index (χ1) is 6.57. The number of nitro benzene ring substituents is 1. The van der Waals surface area contributed by atoms with Crippen molar-refractivity contribution in [2.45, 2.75) is 12.8 Å². The van der Waals surface area contributed by atoms with Gasteiger partial charge in [-0.3, -0.25) is 10.1 Å². The van der Waals surface area contributed by atoms with Crippen molar-refractivity contribution in [1.29, 1.82) is 0 Å². The number of nitro groups is 1. The molecule has 0 bridgehead atoms. The maximum atomic E-state index is 10.8. The Kier molecular flexibility index (Phi) is 3.19. The monoisotopic (exact) mass is 194 g/mol. The highest BCUT2D eigenvalue weighted by atomic mass is 16.6. The summed E-state index contributed by atoms with van der Waals surface area (Å²) in [5.74, 6) is -0.449. The largest absolute Gasteiger partial charge is 0.396 e.